The number of sulfone groups is 1. The van der Waals surface area contributed by atoms with E-state index in [1.165, 1.54) is 6.26 Å². The van der Waals surface area contributed by atoms with Crippen molar-refractivity contribution in [2.24, 2.45) is 7.05 Å². The molecule has 0 spiro atoms. The second-order valence-corrected chi connectivity index (χ2v) is 9.00. The highest BCUT2D eigenvalue weighted by Crippen LogP contribution is 2.26. The number of aromatic nitrogens is 3. The Kier molecular flexibility index (Phi) is 3.83. The molecule has 1 aliphatic rings. The maximum Gasteiger partial charge on any atom is 0.227 e. The number of hydrogen-bond acceptors (Lipinski definition) is 5. The minimum absolute atomic E-state index is 0.0774. The molecule has 0 saturated carbocycles. The van der Waals surface area contributed by atoms with Gasteiger partial charge in [-0.3, -0.25) is 4.57 Å². The molecule has 1 aliphatic heterocycles. The molecule has 2 heterocycles. The summed E-state index contributed by atoms with van der Waals surface area (Å²) in [5, 5.41) is 8.24. The zero-order valence-corrected chi connectivity index (χ0v) is 13.7. The molecular formula is C13H24N4O2S. The van der Waals surface area contributed by atoms with Gasteiger partial charge in [-0.1, -0.05) is 20.8 Å². The van der Waals surface area contributed by atoms with Gasteiger partial charge in [0.2, 0.25) is 5.95 Å². The SMILES string of the molecule is Cn1c(N2CCCC(S(C)(=O)=O)C2)nnc1C(C)(C)C. The molecule has 0 amide bonds. The first-order valence-electron chi connectivity index (χ1n) is 6.94. The second kappa shape index (κ2) is 5.02. The molecule has 2 rings (SSSR count). The molecule has 6 nitrogen and oxygen atoms in total. The average Bonchev–Trinajstić information content (AvgIpc) is 2.70. The van der Waals surface area contributed by atoms with E-state index in [0.29, 0.717) is 6.54 Å². The fraction of sp³-hybridized carbons (Fsp3) is 0.846. The molecule has 0 radical (unpaired) electrons. The van der Waals surface area contributed by atoms with Gasteiger partial charge in [0.1, 0.15) is 5.82 Å². The van der Waals surface area contributed by atoms with Crippen LogP contribution in [0.25, 0.3) is 0 Å². The van der Waals surface area contributed by atoms with E-state index >= 15 is 0 Å². The summed E-state index contributed by atoms with van der Waals surface area (Å²) in [6.07, 6.45) is 2.92. The van der Waals surface area contributed by atoms with E-state index in [4.69, 9.17) is 0 Å². The maximum absolute atomic E-state index is 11.7. The van der Waals surface area contributed by atoms with Crippen LogP contribution in [0.2, 0.25) is 0 Å². The van der Waals surface area contributed by atoms with Crippen LogP contribution in [0.4, 0.5) is 5.95 Å². The number of anilines is 1. The van der Waals surface area contributed by atoms with Crippen LogP contribution in [0, 0.1) is 0 Å². The molecule has 20 heavy (non-hydrogen) atoms. The van der Waals surface area contributed by atoms with Gasteiger partial charge in [0.05, 0.1) is 5.25 Å². The van der Waals surface area contributed by atoms with Gasteiger partial charge >= 0.3 is 0 Å². The van der Waals surface area contributed by atoms with Crippen molar-refractivity contribution in [2.45, 2.75) is 44.3 Å². The summed E-state index contributed by atoms with van der Waals surface area (Å²) < 4.78 is 25.5. The largest absolute Gasteiger partial charge is 0.340 e. The van der Waals surface area contributed by atoms with Crippen LogP contribution in [-0.2, 0) is 22.3 Å². The first kappa shape index (κ1) is 15.3. The van der Waals surface area contributed by atoms with E-state index in [1.807, 2.05) is 16.5 Å². The molecule has 1 aromatic rings. The monoisotopic (exact) mass is 300 g/mol. The molecule has 1 atom stereocenters. The van der Waals surface area contributed by atoms with Crippen molar-refractivity contribution in [1.82, 2.24) is 14.8 Å². The molecule has 1 unspecified atom stereocenters. The van der Waals surface area contributed by atoms with Crippen LogP contribution in [0.15, 0.2) is 0 Å². The highest BCUT2D eigenvalue weighted by molar-refractivity contribution is 7.91. The summed E-state index contributed by atoms with van der Waals surface area (Å²) in [6, 6.07) is 0. The Hall–Kier alpha value is -1.11. The number of rotatable bonds is 2. The van der Waals surface area contributed by atoms with E-state index in [2.05, 4.69) is 31.0 Å². The molecule has 1 saturated heterocycles. The standard InChI is InChI=1S/C13H24N4O2S/c1-13(2,3)11-14-15-12(16(11)4)17-8-6-7-10(9-17)20(5,18)19/h10H,6-9H2,1-5H3. The summed E-state index contributed by atoms with van der Waals surface area (Å²) in [7, 11) is -1.06. The molecule has 0 aliphatic carbocycles. The van der Waals surface area contributed by atoms with Crippen LogP contribution in [0.1, 0.15) is 39.4 Å². The lowest BCUT2D eigenvalue weighted by atomic mass is 9.96. The van der Waals surface area contributed by atoms with Crippen molar-refractivity contribution in [3.8, 4) is 0 Å². The van der Waals surface area contributed by atoms with Gasteiger partial charge < -0.3 is 4.90 Å². The smallest absolute Gasteiger partial charge is 0.227 e. The van der Waals surface area contributed by atoms with Gasteiger partial charge in [-0.25, -0.2) is 8.42 Å². The average molecular weight is 300 g/mol. The summed E-state index contributed by atoms with van der Waals surface area (Å²) >= 11 is 0. The van der Waals surface area contributed by atoms with E-state index < -0.39 is 9.84 Å². The van der Waals surface area contributed by atoms with E-state index in [9.17, 15) is 8.42 Å². The van der Waals surface area contributed by atoms with Gasteiger partial charge in [0.25, 0.3) is 0 Å². The predicted molar refractivity (Wildman–Crippen MR) is 79.8 cm³/mol. The zero-order valence-electron chi connectivity index (χ0n) is 12.9. The molecule has 0 N–H and O–H groups in total. The van der Waals surface area contributed by atoms with Crippen molar-refractivity contribution < 1.29 is 8.42 Å². The van der Waals surface area contributed by atoms with Gasteiger partial charge in [0.15, 0.2) is 9.84 Å². The molecule has 1 aromatic heterocycles. The van der Waals surface area contributed by atoms with Gasteiger partial charge in [-0.05, 0) is 12.8 Å². The summed E-state index contributed by atoms with van der Waals surface area (Å²) in [5.41, 5.74) is -0.0774. The third kappa shape index (κ3) is 2.97. The quantitative estimate of drug-likeness (QED) is 0.819. The van der Waals surface area contributed by atoms with E-state index in [0.717, 1.165) is 31.2 Å². The van der Waals surface area contributed by atoms with Crippen LogP contribution < -0.4 is 4.90 Å². The van der Waals surface area contributed by atoms with Gasteiger partial charge in [-0.2, -0.15) is 0 Å². The number of nitrogens with zero attached hydrogens (tertiary/aromatic N) is 4. The second-order valence-electron chi connectivity index (χ2n) is 6.67. The molecule has 0 aromatic carbocycles. The minimum atomic E-state index is -3.00. The highest BCUT2D eigenvalue weighted by Gasteiger charge is 2.31. The number of piperidine rings is 1. The normalized spacial score (nSPS) is 21.2. The highest BCUT2D eigenvalue weighted by atomic mass is 32.2. The lowest BCUT2D eigenvalue weighted by Gasteiger charge is -2.32. The molecule has 1 fully saturated rings. The number of hydrogen-bond donors (Lipinski definition) is 0. The van der Waals surface area contributed by atoms with Crippen molar-refractivity contribution in [2.75, 3.05) is 24.2 Å². The van der Waals surface area contributed by atoms with E-state index in [1.54, 1.807) is 0 Å². The van der Waals surface area contributed by atoms with Gasteiger partial charge in [-0.15, -0.1) is 10.2 Å². The fourth-order valence-corrected chi connectivity index (χ4v) is 3.76. The molecular weight excluding hydrogens is 276 g/mol. The molecule has 114 valence electrons. The third-order valence-electron chi connectivity index (χ3n) is 3.79. The van der Waals surface area contributed by atoms with Crippen molar-refractivity contribution in [1.29, 1.82) is 0 Å². The Morgan fingerprint density at radius 2 is 1.90 bits per heavy atom. The summed E-state index contributed by atoms with van der Waals surface area (Å²) in [5.74, 6) is 1.68. The van der Waals surface area contributed by atoms with Crippen LogP contribution in [0.3, 0.4) is 0 Å². The first-order valence-corrected chi connectivity index (χ1v) is 8.90. The Morgan fingerprint density at radius 1 is 1.25 bits per heavy atom. The van der Waals surface area contributed by atoms with Crippen LogP contribution in [0.5, 0.6) is 0 Å². The van der Waals surface area contributed by atoms with Crippen LogP contribution >= 0.6 is 0 Å². The minimum Gasteiger partial charge on any atom is -0.340 e. The Labute approximate surface area is 121 Å². The molecule has 0 bridgehead atoms. The Balaban J connectivity index is 2.27. The fourth-order valence-electron chi connectivity index (χ4n) is 2.72. The summed E-state index contributed by atoms with van der Waals surface area (Å²) in [4.78, 5) is 2.04. The lowest BCUT2D eigenvalue weighted by molar-refractivity contribution is 0.510. The van der Waals surface area contributed by atoms with Crippen LogP contribution in [-0.4, -0.2) is 47.8 Å². The van der Waals surface area contributed by atoms with Crippen molar-refractivity contribution >= 4 is 15.8 Å². The Bertz CT molecular complexity index is 586. The Morgan fingerprint density at radius 3 is 2.40 bits per heavy atom. The lowest BCUT2D eigenvalue weighted by Crippen LogP contribution is -2.43. The first-order chi connectivity index (χ1) is 9.10. The maximum atomic E-state index is 11.7. The zero-order chi connectivity index (χ0) is 15.1. The molecule has 7 heteroatoms. The summed E-state index contributed by atoms with van der Waals surface area (Å²) in [6.45, 7) is 7.62. The topological polar surface area (TPSA) is 68.1 Å². The van der Waals surface area contributed by atoms with Crippen molar-refractivity contribution in [3.63, 3.8) is 0 Å². The predicted octanol–water partition coefficient (Wildman–Crippen LogP) is 1.13. The van der Waals surface area contributed by atoms with Gasteiger partial charge in [0, 0.05) is 31.8 Å². The third-order valence-corrected chi connectivity index (χ3v) is 5.38. The van der Waals surface area contributed by atoms with E-state index in [-0.39, 0.29) is 10.7 Å². The van der Waals surface area contributed by atoms with Crippen molar-refractivity contribution in [3.05, 3.63) is 5.82 Å².